The summed E-state index contributed by atoms with van der Waals surface area (Å²) in [5.41, 5.74) is 0.262. The van der Waals surface area contributed by atoms with E-state index in [0.29, 0.717) is 10.4 Å². The second kappa shape index (κ2) is 4.40. The van der Waals surface area contributed by atoms with Crippen molar-refractivity contribution in [2.45, 2.75) is 6.92 Å². The van der Waals surface area contributed by atoms with Gasteiger partial charge in [0.25, 0.3) is 5.91 Å². The molecule has 16 heavy (non-hydrogen) atoms. The minimum atomic E-state index is -0.406. The summed E-state index contributed by atoms with van der Waals surface area (Å²) in [4.78, 5) is 15.6. The molecule has 1 N–H and O–H groups in total. The monoisotopic (exact) mass is 282 g/mol. The van der Waals surface area contributed by atoms with Crippen molar-refractivity contribution in [2.24, 2.45) is 0 Å². The van der Waals surface area contributed by atoms with E-state index in [9.17, 15) is 4.79 Å². The minimum absolute atomic E-state index is 0.0556. The number of aryl methyl sites for hydroxylation is 1. The number of hydrogen-bond acceptors (Lipinski definition) is 5. The molecule has 1 amide bonds. The van der Waals surface area contributed by atoms with E-state index in [1.807, 2.05) is 0 Å². The summed E-state index contributed by atoms with van der Waals surface area (Å²) in [6.45, 7) is 1.64. The lowest BCUT2D eigenvalue weighted by Crippen LogP contribution is -2.14. The van der Waals surface area contributed by atoms with Gasteiger partial charge in [0.2, 0.25) is 5.89 Å². The Kier molecular flexibility index (Phi) is 2.95. The smallest absolute Gasteiger partial charge is 0.322 e. The Morgan fingerprint density at radius 2 is 2.31 bits per heavy atom. The average molecular weight is 283 g/mol. The fraction of sp³-hybridized carbons (Fsp3) is 0.111. The van der Waals surface area contributed by atoms with E-state index in [4.69, 9.17) is 4.42 Å². The Bertz CT molecular complexity index is 526. The van der Waals surface area contributed by atoms with Gasteiger partial charge >= 0.3 is 6.01 Å². The Hall–Kier alpha value is -1.76. The van der Waals surface area contributed by atoms with Gasteiger partial charge in [-0.3, -0.25) is 10.1 Å². The van der Waals surface area contributed by atoms with Gasteiger partial charge in [0, 0.05) is 17.6 Å². The molecular formula is C9H7BrN4O2. The molecule has 2 aromatic heterocycles. The van der Waals surface area contributed by atoms with E-state index >= 15 is 0 Å². The van der Waals surface area contributed by atoms with Crippen LogP contribution in [0.5, 0.6) is 0 Å². The predicted molar refractivity (Wildman–Crippen MR) is 58.9 cm³/mol. The van der Waals surface area contributed by atoms with Gasteiger partial charge in [-0.1, -0.05) is 5.10 Å². The highest BCUT2D eigenvalue weighted by molar-refractivity contribution is 9.10. The lowest BCUT2D eigenvalue weighted by Gasteiger charge is -2.00. The first-order valence-corrected chi connectivity index (χ1v) is 5.18. The number of rotatable bonds is 2. The maximum atomic E-state index is 11.7. The van der Waals surface area contributed by atoms with Crippen LogP contribution in [-0.2, 0) is 0 Å². The van der Waals surface area contributed by atoms with Crippen molar-refractivity contribution < 1.29 is 9.21 Å². The third-order valence-electron chi connectivity index (χ3n) is 1.72. The van der Waals surface area contributed by atoms with Crippen molar-refractivity contribution in [2.75, 3.05) is 5.32 Å². The fourth-order valence-corrected chi connectivity index (χ4v) is 1.49. The molecule has 6 nitrogen and oxygen atoms in total. The molecule has 2 aromatic rings. The highest BCUT2D eigenvalue weighted by Crippen LogP contribution is 2.14. The number of hydrogen-bond donors (Lipinski definition) is 1. The van der Waals surface area contributed by atoms with Crippen LogP contribution < -0.4 is 5.32 Å². The van der Waals surface area contributed by atoms with Crippen LogP contribution in [-0.4, -0.2) is 21.1 Å². The second-order valence-electron chi connectivity index (χ2n) is 2.91. The highest BCUT2D eigenvalue weighted by Gasteiger charge is 2.13. The molecule has 0 aliphatic heterocycles. The topological polar surface area (TPSA) is 80.9 Å². The van der Waals surface area contributed by atoms with E-state index in [1.165, 1.54) is 6.20 Å². The van der Waals surface area contributed by atoms with E-state index in [2.05, 4.69) is 36.4 Å². The van der Waals surface area contributed by atoms with Gasteiger partial charge in [0.05, 0.1) is 0 Å². The Balaban J connectivity index is 2.18. The molecule has 0 unspecified atom stereocenters. The molecule has 7 heteroatoms. The first kappa shape index (κ1) is 10.7. The molecule has 2 heterocycles. The molecule has 0 atom stereocenters. The van der Waals surface area contributed by atoms with Gasteiger partial charge < -0.3 is 4.42 Å². The van der Waals surface area contributed by atoms with Crippen molar-refractivity contribution in [3.63, 3.8) is 0 Å². The van der Waals surface area contributed by atoms with Crippen molar-refractivity contribution in [3.05, 3.63) is 34.4 Å². The molecule has 0 aliphatic rings. The number of anilines is 1. The van der Waals surface area contributed by atoms with Gasteiger partial charge in [-0.25, -0.2) is 4.98 Å². The SMILES string of the molecule is Cc1nnc(NC(=O)c2ncccc2Br)o1. The lowest BCUT2D eigenvalue weighted by molar-refractivity contribution is 0.101. The summed E-state index contributed by atoms with van der Waals surface area (Å²) in [6, 6.07) is 3.50. The maximum Gasteiger partial charge on any atom is 0.322 e. The first-order chi connectivity index (χ1) is 7.66. The molecule has 0 saturated carbocycles. The van der Waals surface area contributed by atoms with Crippen LogP contribution in [0.25, 0.3) is 0 Å². The number of pyridine rings is 1. The Morgan fingerprint density at radius 1 is 1.50 bits per heavy atom. The predicted octanol–water partition coefficient (Wildman–Crippen LogP) is 1.79. The standard InChI is InChI=1S/C9H7BrN4O2/c1-5-13-14-9(16-5)12-8(15)7-6(10)3-2-4-11-7/h2-4H,1H3,(H,12,14,15). The molecule has 82 valence electrons. The summed E-state index contributed by atoms with van der Waals surface area (Å²) >= 11 is 3.23. The number of nitrogens with zero attached hydrogens (tertiary/aromatic N) is 3. The molecule has 0 fully saturated rings. The zero-order valence-electron chi connectivity index (χ0n) is 8.27. The van der Waals surface area contributed by atoms with E-state index in [1.54, 1.807) is 19.1 Å². The summed E-state index contributed by atoms with van der Waals surface area (Å²) in [5.74, 6) is -0.0217. The number of halogens is 1. The Labute approximate surface area is 99.2 Å². The van der Waals surface area contributed by atoms with Crippen LogP contribution in [0, 0.1) is 6.92 Å². The third-order valence-corrected chi connectivity index (χ3v) is 2.36. The number of amides is 1. The molecule has 2 rings (SSSR count). The van der Waals surface area contributed by atoms with Crippen LogP contribution in [0.2, 0.25) is 0 Å². The summed E-state index contributed by atoms with van der Waals surface area (Å²) in [7, 11) is 0. The lowest BCUT2D eigenvalue weighted by atomic mass is 10.3. The second-order valence-corrected chi connectivity index (χ2v) is 3.77. The van der Waals surface area contributed by atoms with E-state index < -0.39 is 5.91 Å². The number of carbonyl (C=O) groups is 1. The van der Waals surface area contributed by atoms with Crippen LogP contribution in [0.3, 0.4) is 0 Å². The van der Waals surface area contributed by atoms with Crippen molar-refractivity contribution in [1.82, 2.24) is 15.2 Å². The van der Waals surface area contributed by atoms with Crippen LogP contribution in [0.15, 0.2) is 27.2 Å². The number of aromatic nitrogens is 3. The largest absolute Gasteiger partial charge is 0.408 e. The number of nitrogens with one attached hydrogen (secondary N) is 1. The zero-order chi connectivity index (χ0) is 11.5. The third kappa shape index (κ3) is 2.25. The average Bonchev–Trinajstić information content (AvgIpc) is 2.64. The van der Waals surface area contributed by atoms with Crippen LogP contribution in [0.4, 0.5) is 6.01 Å². The van der Waals surface area contributed by atoms with Crippen LogP contribution in [0.1, 0.15) is 16.4 Å². The maximum absolute atomic E-state index is 11.7. The van der Waals surface area contributed by atoms with Gasteiger partial charge in [-0.2, -0.15) is 0 Å². The number of carbonyl (C=O) groups excluding carboxylic acids is 1. The van der Waals surface area contributed by atoms with Gasteiger partial charge in [0.1, 0.15) is 5.69 Å². The molecule has 0 spiro atoms. The van der Waals surface area contributed by atoms with Crippen molar-refractivity contribution in [3.8, 4) is 0 Å². The molecule has 0 bridgehead atoms. The molecule has 0 saturated heterocycles. The molecule has 0 aromatic carbocycles. The quantitative estimate of drug-likeness (QED) is 0.908. The molecule has 0 radical (unpaired) electrons. The minimum Gasteiger partial charge on any atom is -0.408 e. The van der Waals surface area contributed by atoms with E-state index in [-0.39, 0.29) is 11.7 Å². The zero-order valence-corrected chi connectivity index (χ0v) is 9.85. The molecular weight excluding hydrogens is 276 g/mol. The van der Waals surface area contributed by atoms with Gasteiger partial charge in [-0.15, -0.1) is 5.10 Å². The van der Waals surface area contributed by atoms with Crippen LogP contribution >= 0.6 is 15.9 Å². The highest BCUT2D eigenvalue weighted by atomic mass is 79.9. The normalized spacial score (nSPS) is 10.1. The first-order valence-electron chi connectivity index (χ1n) is 4.39. The van der Waals surface area contributed by atoms with Gasteiger partial charge in [-0.05, 0) is 28.1 Å². The Morgan fingerprint density at radius 3 is 2.94 bits per heavy atom. The summed E-state index contributed by atoms with van der Waals surface area (Å²) in [6.07, 6.45) is 1.53. The van der Waals surface area contributed by atoms with Crippen molar-refractivity contribution >= 4 is 27.9 Å². The van der Waals surface area contributed by atoms with Crippen molar-refractivity contribution in [1.29, 1.82) is 0 Å². The molecule has 0 aliphatic carbocycles. The summed E-state index contributed by atoms with van der Waals surface area (Å²) in [5, 5.41) is 9.69. The summed E-state index contributed by atoms with van der Waals surface area (Å²) < 4.78 is 5.62. The van der Waals surface area contributed by atoms with Gasteiger partial charge in [0.15, 0.2) is 0 Å². The van der Waals surface area contributed by atoms with E-state index in [0.717, 1.165) is 0 Å². The fourth-order valence-electron chi connectivity index (χ4n) is 1.06.